The topological polar surface area (TPSA) is 108 Å². The van der Waals surface area contributed by atoms with Gasteiger partial charge in [0.15, 0.2) is 6.10 Å². The third-order valence-corrected chi connectivity index (χ3v) is 15.6. The van der Waals surface area contributed by atoms with Crippen LogP contribution in [0.2, 0.25) is 0 Å². The molecule has 0 rings (SSSR count). The van der Waals surface area contributed by atoms with Crippen LogP contribution in [0, 0.1) is 0 Å². The van der Waals surface area contributed by atoms with Gasteiger partial charge in [0, 0.05) is 12.8 Å². The normalized spacial score (nSPS) is 13.8. The van der Waals surface area contributed by atoms with Crippen LogP contribution in [0.3, 0.4) is 0 Å². The molecule has 2 atom stereocenters. The number of ether oxygens (including phenoxy) is 2. The molecule has 0 fully saturated rings. The third kappa shape index (κ3) is 66.1. The van der Waals surface area contributed by atoms with E-state index in [-0.39, 0.29) is 32.0 Å². The molecule has 474 valence electrons. The molecule has 0 aromatic heterocycles. The number of unbranched alkanes of at least 4 members (excludes halogenated alkanes) is 32. The van der Waals surface area contributed by atoms with E-state index >= 15 is 0 Å². The van der Waals surface area contributed by atoms with E-state index in [1.807, 2.05) is 21.1 Å². The molecule has 0 saturated carbocycles. The summed E-state index contributed by atoms with van der Waals surface area (Å²) in [4.78, 5) is 35.9. The highest BCUT2D eigenvalue weighted by Gasteiger charge is 2.27. The smallest absolute Gasteiger partial charge is 0.462 e. The zero-order valence-corrected chi connectivity index (χ0v) is 54.8. The van der Waals surface area contributed by atoms with E-state index in [9.17, 15) is 19.0 Å². The Kier molecular flexibility index (Phi) is 60.1. The summed E-state index contributed by atoms with van der Waals surface area (Å²) in [6.07, 6.45) is 86.4. The van der Waals surface area contributed by atoms with Gasteiger partial charge in [-0.15, -0.1) is 0 Å². The number of likely N-dealkylation sites (N-methyl/N-ethyl adjacent to an activating group) is 1. The van der Waals surface area contributed by atoms with Crippen molar-refractivity contribution in [2.45, 2.75) is 302 Å². The monoisotopic (exact) mass is 1170 g/mol. The number of hydrogen-bond donors (Lipinski definition) is 1. The van der Waals surface area contributed by atoms with Gasteiger partial charge in [-0.1, -0.05) is 284 Å². The number of carbonyl (C=O) groups is 2. The second-order valence-corrected chi connectivity index (χ2v) is 25.3. The lowest BCUT2D eigenvalue weighted by molar-refractivity contribution is -0.870. The molecule has 0 aromatic carbocycles. The molecule has 0 spiro atoms. The van der Waals surface area contributed by atoms with Crippen LogP contribution in [0.5, 0.6) is 0 Å². The molecule has 0 saturated heterocycles. The van der Waals surface area contributed by atoms with Crippen LogP contribution in [0.1, 0.15) is 296 Å². The Hall–Kier alpha value is -3.07. The molecule has 0 heterocycles. The van der Waals surface area contributed by atoms with E-state index in [1.165, 1.54) is 180 Å². The summed E-state index contributed by atoms with van der Waals surface area (Å²) in [6, 6.07) is 0. The summed E-state index contributed by atoms with van der Waals surface area (Å²) < 4.78 is 34.7. The predicted octanol–water partition coefficient (Wildman–Crippen LogP) is 21.9. The number of allylic oxidation sites excluding steroid dienone is 16. The number of phosphoric ester groups is 1. The highest BCUT2D eigenvalue weighted by Crippen LogP contribution is 2.43. The van der Waals surface area contributed by atoms with Crippen LogP contribution in [-0.2, 0) is 32.7 Å². The first-order valence-electron chi connectivity index (χ1n) is 34.0. The van der Waals surface area contributed by atoms with Crippen LogP contribution in [0.15, 0.2) is 97.2 Å². The van der Waals surface area contributed by atoms with Crippen molar-refractivity contribution >= 4 is 19.8 Å². The lowest BCUT2D eigenvalue weighted by Crippen LogP contribution is -2.37. The second kappa shape index (κ2) is 62.5. The fourth-order valence-corrected chi connectivity index (χ4v) is 10.1. The largest absolute Gasteiger partial charge is 0.472 e. The summed E-state index contributed by atoms with van der Waals surface area (Å²) in [6.45, 7) is 4.33. The van der Waals surface area contributed by atoms with E-state index < -0.39 is 26.5 Å². The molecule has 2 unspecified atom stereocenters. The summed E-state index contributed by atoms with van der Waals surface area (Å²) in [5.74, 6) is -0.794. The van der Waals surface area contributed by atoms with E-state index in [4.69, 9.17) is 18.5 Å². The second-order valence-electron chi connectivity index (χ2n) is 23.8. The number of carbonyl (C=O) groups excluding carboxylic acids is 2. The maximum Gasteiger partial charge on any atom is 0.472 e. The molecule has 9 nitrogen and oxygen atoms in total. The van der Waals surface area contributed by atoms with Crippen LogP contribution in [-0.4, -0.2) is 74.9 Å². The fourth-order valence-electron chi connectivity index (χ4n) is 9.40. The van der Waals surface area contributed by atoms with E-state index in [2.05, 4.69) is 111 Å². The van der Waals surface area contributed by atoms with Crippen molar-refractivity contribution in [2.75, 3.05) is 47.5 Å². The van der Waals surface area contributed by atoms with Crippen molar-refractivity contribution in [1.29, 1.82) is 0 Å². The van der Waals surface area contributed by atoms with Gasteiger partial charge in [0.1, 0.15) is 19.8 Å². The maximum atomic E-state index is 12.9. The number of hydrogen-bond acceptors (Lipinski definition) is 7. The summed E-state index contributed by atoms with van der Waals surface area (Å²) in [5, 5.41) is 0. The highest BCUT2D eigenvalue weighted by molar-refractivity contribution is 7.47. The Balaban J connectivity index is 4.08. The molecule has 0 aromatic rings. The number of phosphoric acid groups is 1. The minimum atomic E-state index is -4.40. The van der Waals surface area contributed by atoms with E-state index in [1.54, 1.807) is 0 Å². The molecule has 0 radical (unpaired) electrons. The van der Waals surface area contributed by atoms with Gasteiger partial charge in [-0.25, -0.2) is 4.57 Å². The number of esters is 2. The van der Waals surface area contributed by atoms with Crippen molar-refractivity contribution in [3.63, 3.8) is 0 Å². The minimum Gasteiger partial charge on any atom is -0.462 e. The van der Waals surface area contributed by atoms with E-state index in [0.29, 0.717) is 17.4 Å². The molecule has 0 aliphatic rings. The number of quaternary nitrogens is 1. The lowest BCUT2D eigenvalue weighted by Gasteiger charge is -2.24. The lowest BCUT2D eigenvalue weighted by atomic mass is 10.0. The fraction of sp³-hybridized carbons (Fsp3) is 0.750. The Morgan fingerprint density at radius 2 is 0.695 bits per heavy atom. The molecule has 0 bridgehead atoms. The third-order valence-electron chi connectivity index (χ3n) is 14.6. The first-order chi connectivity index (χ1) is 40.0. The zero-order valence-electron chi connectivity index (χ0n) is 54.0. The van der Waals surface area contributed by atoms with Crippen LogP contribution < -0.4 is 0 Å². The molecule has 82 heavy (non-hydrogen) atoms. The Labute approximate surface area is 506 Å². The van der Waals surface area contributed by atoms with Crippen LogP contribution in [0.25, 0.3) is 0 Å². The van der Waals surface area contributed by atoms with Gasteiger partial charge in [-0.05, 0) is 96.3 Å². The van der Waals surface area contributed by atoms with Crippen LogP contribution >= 0.6 is 7.82 Å². The first kappa shape index (κ1) is 78.9. The average molecular weight is 1170 g/mol. The zero-order chi connectivity index (χ0) is 59.8. The quantitative estimate of drug-likeness (QED) is 0.0211. The van der Waals surface area contributed by atoms with Gasteiger partial charge < -0.3 is 18.9 Å². The Morgan fingerprint density at radius 1 is 0.390 bits per heavy atom. The minimum absolute atomic E-state index is 0.0286. The van der Waals surface area contributed by atoms with Gasteiger partial charge in [0.25, 0.3) is 0 Å². The van der Waals surface area contributed by atoms with Gasteiger partial charge in [-0.3, -0.25) is 18.6 Å². The highest BCUT2D eigenvalue weighted by atomic mass is 31.2. The van der Waals surface area contributed by atoms with Crippen molar-refractivity contribution in [3.8, 4) is 0 Å². The predicted molar refractivity (Wildman–Crippen MR) is 353 cm³/mol. The Bertz CT molecular complexity index is 1710. The summed E-state index contributed by atoms with van der Waals surface area (Å²) in [7, 11) is 1.48. The standard InChI is InChI=1S/C72H128NO8P/c1-6-8-10-12-14-16-18-20-22-24-26-28-30-32-34-35-36-37-39-41-43-45-47-49-51-53-55-57-59-61-63-65-72(75)81-70(69-80-82(76,77)79-67-66-73(3,4)5)68-78-71(74)64-62-60-58-56-54-52-50-48-46-44-42-40-38-33-31-29-27-25-23-21-19-17-15-13-11-9-7-2/h8,10,14,16,19-22,25-28,32,34,36-37,70H,6-7,9,11-13,15,17-18,23-24,29-31,33,35,38-69H2,1-5H3/p+1/b10-8-,16-14-,21-19-,22-20-,27-25-,28-26-,34-32-,37-36-. The maximum absolute atomic E-state index is 12.9. The first-order valence-corrected chi connectivity index (χ1v) is 35.5. The molecular formula is C72H129NO8P+. The number of nitrogens with zero attached hydrogens (tertiary/aromatic N) is 1. The molecule has 0 aliphatic heterocycles. The van der Waals surface area contributed by atoms with E-state index in [0.717, 1.165) is 83.5 Å². The van der Waals surface area contributed by atoms with Crippen molar-refractivity contribution in [3.05, 3.63) is 97.2 Å². The summed E-state index contributed by atoms with van der Waals surface area (Å²) >= 11 is 0. The molecule has 0 aliphatic carbocycles. The SMILES string of the molecule is CC/C=C\C/C=C\C/C=C\C/C=C\C/C=C\C/C=C\CCCCCCCCCCCCCCC(=O)OC(COC(=O)CCCCCCCCCCCCCCCCC/C=C\C/C=C\CCCCCCC)COP(=O)(O)OCC[N+](C)(C)C. The Morgan fingerprint density at radius 3 is 1.04 bits per heavy atom. The average Bonchev–Trinajstić information content (AvgIpc) is 3.46. The van der Waals surface area contributed by atoms with Crippen LogP contribution in [0.4, 0.5) is 0 Å². The van der Waals surface area contributed by atoms with Gasteiger partial charge in [0.2, 0.25) is 0 Å². The van der Waals surface area contributed by atoms with Gasteiger partial charge in [-0.2, -0.15) is 0 Å². The van der Waals surface area contributed by atoms with Crippen molar-refractivity contribution in [2.24, 2.45) is 0 Å². The molecule has 1 N–H and O–H groups in total. The molecular weight excluding hydrogens is 1040 g/mol. The van der Waals surface area contributed by atoms with Crippen molar-refractivity contribution in [1.82, 2.24) is 0 Å². The van der Waals surface area contributed by atoms with Crippen molar-refractivity contribution < 1.29 is 42.1 Å². The summed E-state index contributed by atoms with van der Waals surface area (Å²) in [5.41, 5.74) is 0. The van der Waals surface area contributed by atoms with Gasteiger partial charge >= 0.3 is 19.8 Å². The molecule has 0 amide bonds. The van der Waals surface area contributed by atoms with Gasteiger partial charge in [0.05, 0.1) is 27.7 Å². The number of rotatable bonds is 62. The molecule has 10 heteroatoms.